The van der Waals surface area contributed by atoms with E-state index >= 15 is 0 Å². The standard InChI is InChI=1S/C22H22FN3O2/c1-14-2-7-21(16-3-5-18(23)6-4-16)26(14)22(27)17-9-19(10-17)28-20-8-15(11-24)12-25-13-20/h3-6,8,12-14,17,19,21H,2,7,9-10H2,1H3. The molecule has 2 aliphatic rings. The fourth-order valence-corrected chi connectivity index (χ4v) is 4.18. The lowest BCUT2D eigenvalue weighted by atomic mass is 9.80. The summed E-state index contributed by atoms with van der Waals surface area (Å²) in [5.74, 6) is 0.402. The van der Waals surface area contributed by atoms with Crippen molar-refractivity contribution >= 4 is 5.91 Å². The predicted octanol–water partition coefficient (Wildman–Crippen LogP) is 4.00. The van der Waals surface area contributed by atoms with Gasteiger partial charge in [0.2, 0.25) is 5.91 Å². The van der Waals surface area contributed by atoms with Crippen molar-refractivity contribution in [2.24, 2.45) is 5.92 Å². The molecule has 1 saturated carbocycles. The van der Waals surface area contributed by atoms with E-state index in [4.69, 9.17) is 10.00 Å². The lowest BCUT2D eigenvalue weighted by Gasteiger charge is -2.39. The van der Waals surface area contributed by atoms with E-state index in [0.29, 0.717) is 24.2 Å². The number of nitriles is 1. The van der Waals surface area contributed by atoms with Gasteiger partial charge in [-0.3, -0.25) is 9.78 Å². The van der Waals surface area contributed by atoms with Crippen molar-refractivity contribution in [2.45, 2.75) is 50.8 Å². The first kappa shape index (κ1) is 18.4. The van der Waals surface area contributed by atoms with E-state index < -0.39 is 0 Å². The van der Waals surface area contributed by atoms with Crippen LogP contribution in [0.15, 0.2) is 42.7 Å². The smallest absolute Gasteiger partial charge is 0.226 e. The molecule has 2 heterocycles. The summed E-state index contributed by atoms with van der Waals surface area (Å²) in [6.07, 6.45) is 6.22. The Bertz CT molecular complexity index is 903. The number of likely N-dealkylation sites (tertiary alicyclic amines) is 1. The highest BCUT2D eigenvalue weighted by Crippen LogP contribution is 2.41. The van der Waals surface area contributed by atoms with E-state index in [-0.39, 0.29) is 35.8 Å². The van der Waals surface area contributed by atoms with Crippen LogP contribution >= 0.6 is 0 Å². The molecule has 0 radical (unpaired) electrons. The van der Waals surface area contributed by atoms with Gasteiger partial charge in [0.05, 0.1) is 17.8 Å². The number of hydrogen-bond donors (Lipinski definition) is 0. The summed E-state index contributed by atoms with van der Waals surface area (Å²) in [6.45, 7) is 2.08. The van der Waals surface area contributed by atoms with E-state index in [1.54, 1.807) is 24.4 Å². The molecule has 1 aliphatic heterocycles. The average molecular weight is 379 g/mol. The lowest BCUT2D eigenvalue weighted by molar-refractivity contribution is -0.144. The van der Waals surface area contributed by atoms with Gasteiger partial charge >= 0.3 is 0 Å². The van der Waals surface area contributed by atoms with Crippen LogP contribution in [-0.4, -0.2) is 27.9 Å². The SMILES string of the molecule is CC1CCC(c2ccc(F)cc2)N1C(=O)C1CC(Oc2cncc(C#N)c2)C1. The molecule has 4 rings (SSSR count). The second-order valence-corrected chi connectivity index (χ2v) is 7.67. The Morgan fingerprint density at radius 1 is 1.25 bits per heavy atom. The van der Waals surface area contributed by atoms with Crippen molar-refractivity contribution in [3.8, 4) is 11.8 Å². The molecule has 2 unspecified atom stereocenters. The molecule has 2 atom stereocenters. The first-order valence-electron chi connectivity index (χ1n) is 9.64. The van der Waals surface area contributed by atoms with Gasteiger partial charge in [-0.1, -0.05) is 12.1 Å². The van der Waals surface area contributed by atoms with Gasteiger partial charge in [-0.25, -0.2) is 4.39 Å². The molecular formula is C22H22FN3O2. The van der Waals surface area contributed by atoms with E-state index in [1.807, 2.05) is 11.0 Å². The number of halogens is 1. The third kappa shape index (κ3) is 3.57. The van der Waals surface area contributed by atoms with Crippen molar-refractivity contribution < 1.29 is 13.9 Å². The van der Waals surface area contributed by atoms with Crippen LogP contribution in [0.1, 0.15) is 49.8 Å². The summed E-state index contributed by atoms with van der Waals surface area (Å²) in [5.41, 5.74) is 1.45. The topological polar surface area (TPSA) is 66.2 Å². The van der Waals surface area contributed by atoms with Gasteiger partial charge in [0, 0.05) is 24.2 Å². The minimum atomic E-state index is -0.262. The Morgan fingerprint density at radius 3 is 2.71 bits per heavy atom. The molecule has 1 aliphatic carbocycles. The van der Waals surface area contributed by atoms with Crippen LogP contribution in [0.3, 0.4) is 0 Å². The number of amides is 1. The zero-order valence-corrected chi connectivity index (χ0v) is 15.7. The normalized spacial score (nSPS) is 26.4. The van der Waals surface area contributed by atoms with Crippen molar-refractivity contribution in [1.29, 1.82) is 5.26 Å². The van der Waals surface area contributed by atoms with Crippen LogP contribution in [0.4, 0.5) is 4.39 Å². The van der Waals surface area contributed by atoms with Gasteiger partial charge in [0.15, 0.2) is 0 Å². The minimum Gasteiger partial charge on any atom is -0.489 e. The number of ether oxygens (including phenoxy) is 1. The molecule has 0 N–H and O–H groups in total. The fraction of sp³-hybridized carbons (Fsp3) is 0.409. The Kier molecular flexibility index (Phi) is 4.99. The van der Waals surface area contributed by atoms with E-state index in [9.17, 15) is 9.18 Å². The number of pyridine rings is 1. The van der Waals surface area contributed by atoms with Gasteiger partial charge in [-0.05, 0) is 50.3 Å². The number of nitrogens with zero attached hydrogens (tertiary/aromatic N) is 3. The van der Waals surface area contributed by atoms with Crippen molar-refractivity contribution in [2.75, 3.05) is 0 Å². The summed E-state index contributed by atoms with van der Waals surface area (Å²) in [7, 11) is 0. The largest absolute Gasteiger partial charge is 0.489 e. The Hall–Kier alpha value is -2.94. The summed E-state index contributed by atoms with van der Waals surface area (Å²) in [6, 6.07) is 10.4. The highest BCUT2D eigenvalue weighted by atomic mass is 19.1. The van der Waals surface area contributed by atoms with Gasteiger partial charge in [0.25, 0.3) is 0 Å². The Morgan fingerprint density at radius 2 is 2.00 bits per heavy atom. The maximum Gasteiger partial charge on any atom is 0.226 e. The van der Waals surface area contributed by atoms with E-state index in [1.165, 1.54) is 18.3 Å². The number of rotatable bonds is 4. The zero-order valence-electron chi connectivity index (χ0n) is 15.7. The van der Waals surface area contributed by atoms with Gasteiger partial charge in [-0.2, -0.15) is 5.26 Å². The van der Waals surface area contributed by atoms with Crippen LogP contribution in [-0.2, 0) is 4.79 Å². The number of carbonyl (C=O) groups excluding carboxylic acids is 1. The molecular weight excluding hydrogens is 357 g/mol. The molecule has 6 heteroatoms. The number of aromatic nitrogens is 1. The van der Waals surface area contributed by atoms with Gasteiger partial charge in [0.1, 0.15) is 23.7 Å². The van der Waals surface area contributed by atoms with E-state index in [0.717, 1.165) is 18.4 Å². The maximum atomic E-state index is 13.3. The highest BCUT2D eigenvalue weighted by Gasteiger charge is 2.43. The Labute approximate surface area is 163 Å². The molecule has 1 saturated heterocycles. The molecule has 144 valence electrons. The van der Waals surface area contributed by atoms with Crippen molar-refractivity contribution in [1.82, 2.24) is 9.88 Å². The summed E-state index contributed by atoms with van der Waals surface area (Å²) in [4.78, 5) is 19.1. The number of benzene rings is 1. The summed E-state index contributed by atoms with van der Waals surface area (Å²) in [5, 5.41) is 8.95. The second kappa shape index (κ2) is 7.59. The molecule has 5 nitrogen and oxygen atoms in total. The van der Waals surface area contributed by atoms with Crippen LogP contribution in [0.25, 0.3) is 0 Å². The highest BCUT2D eigenvalue weighted by molar-refractivity contribution is 5.81. The third-order valence-electron chi connectivity index (χ3n) is 5.77. The number of hydrogen-bond acceptors (Lipinski definition) is 4. The average Bonchev–Trinajstić information content (AvgIpc) is 3.06. The quantitative estimate of drug-likeness (QED) is 0.805. The lowest BCUT2D eigenvalue weighted by Crippen LogP contribution is -2.47. The minimum absolute atomic E-state index is 0.0135. The van der Waals surface area contributed by atoms with Crippen molar-refractivity contribution in [3.05, 3.63) is 59.7 Å². The zero-order chi connectivity index (χ0) is 19.7. The summed E-state index contributed by atoms with van der Waals surface area (Å²) >= 11 is 0. The molecule has 1 aromatic heterocycles. The Balaban J connectivity index is 1.39. The molecule has 1 aromatic carbocycles. The molecule has 0 spiro atoms. The van der Waals surface area contributed by atoms with Crippen LogP contribution < -0.4 is 4.74 Å². The summed E-state index contributed by atoms with van der Waals surface area (Å²) < 4.78 is 19.1. The fourth-order valence-electron chi connectivity index (χ4n) is 4.18. The first-order valence-corrected chi connectivity index (χ1v) is 9.64. The second-order valence-electron chi connectivity index (χ2n) is 7.67. The molecule has 28 heavy (non-hydrogen) atoms. The van der Waals surface area contributed by atoms with E-state index in [2.05, 4.69) is 11.9 Å². The monoisotopic (exact) mass is 379 g/mol. The van der Waals surface area contributed by atoms with Crippen LogP contribution in [0.5, 0.6) is 5.75 Å². The molecule has 2 fully saturated rings. The molecule has 0 bridgehead atoms. The maximum absolute atomic E-state index is 13.3. The van der Waals surface area contributed by atoms with Crippen LogP contribution in [0, 0.1) is 23.1 Å². The first-order chi connectivity index (χ1) is 13.5. The van der Waals surface area contributed by atoms with Crippen molar-refractivity contribution in [3.63, 3.8) is 0 Å². The third-order valence-corrected chi connectivity index (χ3v) is 5.77. The molecule has 2 aromatic rings. The predicted molar refractivity (Wildman–Crippen MR) is 101 cm³/mol. The van der Waals surface area contributed by atoms with Crippen LogP contribution in [0.2, 0.25) is 0 Å². The van der Waals surface area contributed by atoms with Gasteiger partial charge < -0.3 is 9.64 Å². The van der Waals surface area contributed by atoms with Gasteiger partial charge in [-0.15, -0.1) is 0 Å². The number of carbonyl (C=O) groups is 1. The molecule has 1 amide bonds.